The number of benzene rings is 2. The summed E-state index contributed by atoms with van der Waals surface area (Å²) in [5.74, 6) is -0.278. The van der Waals surface area contributed by atoms with Gasteiger partial charge in [-0.2, -0.15) is 0 Å². The molecule has 0 bridgehead atoms. The number of nitrogens with zero attached hydrogens (tertiary/aromatic N) is 2. The monoisotopic (exact) mass is 500 g/mol. The summed E-state index contributed by atoms with van der Waals surface area (Å²) in [4.78, 5) is 22.4. The van der Waals surface area contributed by atoms with E-state index < -0.39 is 5.97 Å². The number of halogens is 2. The Hall–Kier alpha value is -2.38. The van der Waals surface area contributed by atoms with E-state index in [1.165, 1.54) is 0 Å². The lowest BCUT2D eigenvalue weighted by molar-refractivity contribution is 0.0697. The van der Waals surface area contributed by atoms with Crippen molar-refractivity contribution in [2.75, 3.05) is 0 Å². The Bertz CT molecular complexity index is 1280. The van der Waals surface area contributed by atoms with Gasteiger partial charge in [-0.15, -0.1) is 11.3 Å². The van der Waals surface area contributed by atoms with Gasteiger partial charge in [0.15, 0.2) is 5.16 Å². The maximum absolute atomic E-state index is 11.2. The van der Waals surface area contributed by atoms with Crippen LogP contribution < -0.4 is 0 Å². The lowest BCUT2D eigenvalue weighted by Crippen LogP contribution is -1.95. The zero-order chi connectivity index (χ0) is 22.8. The SMILES string of the molecule is Cc1cc(C)nc(SCc2cc(-c3ccc(Cl)cc3Cl)sc2-c2ccc(C(=O)O)cc2)n1. The molecule has 2 aromatic heterocycles. The minimum atomic E-state index is -0.945. The van der Waals surface area contributed by atoms with Gasteiger partial charge in [0.1, 0.15) is 0 Å². The van der Waals surface area contributed by atoms with E-state index in [1.807, 2.05) is 44.2 Å². The fraction of sp³-hybridized carbons (Fsp3) is 0.125. The van der Waals surface area contributed by atoms with E-state index in [-0.39, 0.29) is 5.56 Å². The highest BCUT2D eigenvalue weighted by Gasteiger charge is 2.16. The molecule has 0 aliphatic heterocycles. The summed E-state index contributed by atoms with van der Waals surface area (Å²) in [6.07, 6.45) is 0. The van der Waals surface area contributed by atoms with Crippen molar-refractivity contribution in [3.05, 3.63) is 87.2 Å². The first-order valence-corrected chi connectivity index (χ1v) is 12.2. The molecule has 0 amide bonds. The molecule has 0 unspecified atom stereocenters. The van der Waals surface area contributed by atoms with Gasteiger partial charge in [0.25, 0.3) is 0 Å². The third-order valence-corrected chi connectivity index (χ3v) is 7.42. The molecule has 0 saturated heterocycles. The number of aryl methyl sites for hydroxylation is 2. The smallest absolute Gasteiger partial charge is 0.335 e. The van der Waals surface area contributed by atoms with Crippen LogP contribution in [0.3, 0.4) is 0 Å². The van der Waals surface area contributed by atoms with Gasteiger partial charge in [0.2, 0.25) is 0 Å². The number of thioether (sulfide) groups is 1. The van der Waals surface area contributed by atoms with E-state index in [0.29, 0.717) is 15.8 Å². The lowest BCUT2D eigenvalue weighted by atomic mass is 10.1. The van der Waals surface area contributed by atoms with Gasteiger partial charge in [0, 0.05) is 37.5 Å². The van der Waals surface area contributed by atoms with E-state index in [2.05, 4.69) is 16.0 Å². The van der Waals surface area contributed by atoms with E-state index >= 15 is 0 Å². The molecule has 0 saturated carbocycles. The van der Waals surface area contributed by atoms with Crippen LogP contribution in [0.15, 0.2) is 59.8 Å². The second-order valence-electron chi connectivity index (χ2n) is 7.19. The van der Waals surface area contributed by atoms with Crippen molar-refractivity contribution in [2.45, 2.75) is 24.8 Å². The maximum atomic E-state index is 11.2. The van der Waals surface area contributed by atoms with Crippen molar-refractivity contribution in [3.63, 3.8) is 0 Å². The Morgan fingerprint density at radius 3 is 2.31 bits per heavy atom. The zero-order valence-electron chi connectivity index (χ0n) is 17.2. The number of aromatic carboxylic acids is 1. The average Bonchev–Trinajstić information content (AvgIpc) is 3.15. The highest BCUT2D eigenvalue weighted by Crippen LogP contribution is 2.43. The summed E-state index contributed by atoms with van der Waals surface area (Å²) in [5, 5.41) is 11.1. The predicted molar refractivity (Wildman–Crippen MR) is 133 cm³/mol. The molecule has 2 heterocycles. The third kappa shape index (κ3) is 5.15. The highest BCUT2D eigenvalue weighted by molar-refractivity contribution is 7.98. The molecule has 1 N–H and O–H groups in total. The topological polar surface area (TPSA) is 63.1 Å². The number of carboxylic acids is 1. The van der Waals surface area contributed by atoms with Crippen LogP contribution in [0.4, 0.5) is 0 Å². The van der Waals surface area contributed by atoms with Gasteiger partial charge in [0.05, 0.1) is 10.6 Å². The Morgan fingerprint density at radius 2 is 1.69 bits per heavy atom. The van der Waals surface area contributed by atoms with Gasteiger partial charge in [-0.3, -0.25) is 0 Å². The first-order chi connectivity index (χ1) is 15.3. The molecule has 2 aromatic carbocycles. The fourth-order valence-electron chi connectivity index (χ4n) is 3.27. The molecule has 4 nitrogen and oxygen atoms in total. The normalized spacial score (nSPS) is 11.0. The van der Waals surface area contributed by atoms with Crippen molar-refractivity contribution in [3.8, 4) is 20.9 Å². The van der Waals surface area contributed by atoms with Crippen molar-refractivity contribution in [1.82, 2.24) is 9.97 Å². The number of carboxylic acid groups (broad SMARTS) is 1. The van der Waals surface area contributed by atoms with Crippen molar-refractivity contribution < 1.29 is 9.90 Å². The molecule has 0 radical (unpaired) electrons. The molecule has 4 rings (SSSR count). The number of hydrogen-bond donors (Lipinski definition) is 1. The van der Waals surface area contributed by atoms with E-state index in [1.54, 1.807) is 41.3 Å². The van der Waals surface area contributed by atoms with Crippen LogP contribution in [0.2, 0.25) is 10.0 Å². The standard InChI is InChI=1S/C24H18Cl2N2O2S2/c1-13-9-14(2)28-24(27-13)31-12-17-10-21(19-8-7-18(25)11-20(19)26)32-22(17)15-3-5-16(6-4-15)23(29)30/h3-11H,12H2,1-2H3,(H,29,30). The Labute approximate surface area is 204 Å². The summed E-state index contributed by atoms with van der Waals surface area (Å²) < 4.78 is 0. The second kappa shape index (κ2) is 9.63. The third-order valence-electron chi connectivity index (χ3n) is 4.72. The molecule has 0 atom stereocenters. The lowest BCUT2D eigenvalue weighted by Gasteiger charge is -2.05. The summed E-state index contributed by atoms with van der Waals surface area (Å²) in [7, 11) is 0. The number of carbonyl (C=O) groups is 1. The van der Waals surface area contributed by atoms with Gasteiger partial charge < -0.3 is 5.11 Å². The Kier molecular flexibility index (Phi) is 6.86. The summed E-state index contributed by atoms with van der Waals surface area (Å²) >= 11 is 15.7. The first-order valence-electron chi connectivity index (χ1n) is 9.67. The number of hydrogen-bond acceptors (Lipinski definition) is 5. The van der Waals surface area contributed by atoms with Gasteiger partial charge in [-0.05, 0) is 61.4 Å². The quantitative estimate of drug-likeness (QED) is 0.216. The number of aromatic nitrogens is 2. The summed E-state index contributed by atoms with van der Waals surface area (Å²) in [6.45, 7) is 3.92. The second-order valence-corrected chi connectivity index (χ2v) is 10.0. The number of thiophene rings is 1. The minimum Gasteiger partial charge on any atom is -0.478 e. The molecular weight excluding hydrogens is 483 g/mol. The highest BCUT2D eigenvalue weighted by atomic mass is 35.5. The first kappa shape index (κ1) is 22.8. The van der Waals surface area contributed by atoms with Gasteiger partial charge in [-0.25, -0.2) is 14.8 Å². The molecule has 162 valence electrons. The molecule has 4 aromatic rings. The van der Waals surface area contributed by atoms with Crippen molar-refractivity contribution >= 4 is 52.3 Å². The van der Waals surface area contributed by atoms with Crippen LogP contribution in [0.25, 0.3) is 20.9 Å². The minimum absolute atomic E-state index is 0.255. The van der Waals surface area contributed by atoms with Gasteiger partial charge in [-0.1, -0.05) is 53.2 Å². The van der Waals surface area contributed by atoms with Crippen molar-refractivity contribution in [1.29, 1.82) is 0 Å². The van der Waals surface area contributed by atoms with E-state index in [4.69, 9.17) is 23.2 Å². The Morgan fingerprint density at radius 1 is 1.00 bits per heavy atom. The molecular formula is C24H18Cl2N2O2S2. The van der Waals surface area contributed by atoms with Crippen LogP contribution in [0.1, 0.15) is 27.3 Å². The molecule has 8 heteroatoms. The molecule has 0 fully saturated rings. The van der Waals surface area contributed by atoms with Crippen LogP contribution in [-0.4, -0.2) is 21.0 Å². The van der Waals surface area contributed by atoms with Crippen LogP contribution in [0.5, 0.6) is 0 Å². The summed E-state index contributed by atoms with van der Waals surface area (Å²) in [5.41, 5.74) is 5.08. The van der Waals surface area contributed by atoms with Crippen molar-refractivity contribution in [2.24, 2.45) is 0 Å². The van der Waals surface area contributed by atoms with Crippen LogP contribution in [0, 0.1) is 13.8 Å². The van der Waals surface area contributed by atoms with E-state index in [0.717, 1.165) is 43.0 Å². The largest absolute Gasteiger partial charge is 0.478 e. The number of rotatable bonds is 6. The van der Waals surface area contributed by atoms with Crippen LogP contribution >= 0.6 is 46.3 Å². The zero-order valence-corrected chi connectivity index (χ0v) is 20.4. The molecule has 0 spiro atoms. The predicted octanol–water partition coefficient (Wildman–Crippen LogP) is 7.79. The van der Waals surface area contributed by atoms with E-state index in [9.17, 15) is 9.90 Å². The Balaban J connectivity index is 1.73. The molecule has 0 aliphatic rings. The fourth-order valence-corrected chi connectivity index (χ4v) is 6.08. The average molecular weight is 501 g/mol. The molecule has 32 heavy (non-hydrogen) atoms. The van der Waals surface area contributed by atoms with Crippen LogP contribution in [-0.2, 0) is 5.75 Å². The van der Waals surface area contributed by atoms with Gasteiger partial charge >= 0.3 is 5.97 Å². The summed E-state index contributed by atoms with van der Waals surface area (Å²) in [6, 6.07) is 16.5. The maximum Gasteiger partial charge on any atom is 0.335 e. The molecule has 0 aliphatic carbocycles.